The maximum absolute atomic E-state index is 12.5. The standard InChI is InChI=1S/C18H23N3OS/c1-20(18(22)10-9-16-7-5-13-23-16)15-6-4-12-21(14-15)17-8-2-3-11-19-17/h2-3,5,7-8,11,13,15H,4,6,9-10,12,14H2,1H3/t15-/m1/s1. The maximum Gasteiger partial charge on any atom is 0.222 e. The summed E-state index contributed by atoms with van der Waals surface area (Å²) in [5.41, 5.74) is 0. The maximum atomic E-state index is 12.5. The Morgan fingerprint density at radius 2 is 2.30 bits per heavy atom. The van der Waals surface area contributed by atoms with Gasteiger partial charge in [-0.3, -0.25) is 4.79 Å². The Morgan fingerprint density at radius 3 is 3.04 bits per heavy atom. The summed E-state index contributed by atoms with van der Waals surface area (Å²) in [4.78, 5) is 22.4. The van der Waals surface area contributed by atoms with Crippen molar-refractivity contribution in [2.75, 3.05) is 25.0 Å². The van der Waals surface area contributed by atoms with Crippen molar-refractivity contribution >= 4 is 23.1 Å². The van der Waals surface area contributed by atoms with Crippen LogP contribution in [0.4, 0.5) is 5.82 Å². The van der Waals surface area contributed by atoms with Crippen molar-refractivity contribution in [2.45, 2.75) is 31.7 Å². The minimum Gasteiger partial charge on any atom is -0.355 e. The molecular weight excluding hydrogens is 306 g/mol. The van der Waals surface area contributed by atoms with Crippen LogP contribution in [0.15, 0.2) is 41.9 Å². The molecule has 122 valence electrons. The molecule has 1 aliphatic rings. The molecule has 0 bridgehead atoms. The monoisotopic (exact) mass is 329 g/mol. The SMILES string of the molecule is CN(C(=O)CCc1cccs1)[C@@H]1CCCN(c2ccccn2)C1. The fourth-order valence-corrected chi connectivity index (χ4v) is 3.79. The molecule has 0 unspecified atom stereocenters. The van der Waals surface area contributed by atoms with Gasteiger partial charge in [0.1, 0.15) is 5.82 Å². The largest absolute Gasteiger partial charge is 0.355 e. The van der Waals surface area contributed by atoms with E-state index < -0.39 is 0 Å². The van der Waals surface area contributed by atoms with Gasteiger partial charge in [-0.2, -0.15) is 0 Å². The zero-order valence-electron chi connectivity index (χ0n) is 13.5. The Balaban J connectivity index is 1.56. The zero-order chi connectivity index (χ0) is 16.1. The number of aryl methyl sites for hydroxylation is 1. The summed E-state index contributed by atoms with van der Waals surface area (Å²) in [6.07, 6.45) is 5.44. The van der Waals surface area contributed by atoms with Gasteiger partial charge in [-0.1, -0.05) is 12.1 Å². The van der Waals surface area contributed by atoms with E-state index in [0.717, 1.165) is 38.2 Å². The van der Waals surface area contributed by atoms with Crippen LogP contribution in [0.1, 0.15) is 24.1 Å². The number of hydrogen-bond acceptors (Lipinski definition) is 4. The van der Waals surface area contributed by atoms with Crippen LogP contribution in [-0.2, 0) is 11.2 Å². The van der Waals surface area contributed by atoms with Crippen LogP contribution in [0.25, 0.3) is 0 Å². The molecular formula is C18H23N3OS. The lowest BCUT2D eigenvalue weighted by molar-refractivity contribution is -0.132. The Kier molecular flexibility index (Phi) is 5.28. The highest BCUT2D eigenvalue weighted by molar-refractivity contribution is 7.09. The number of nitrogens with zero attached hydrogens (tertiary/aromatic N) is 3. The van der Waals surface area contributed by atoms with Crippen LogP contribution < -0.4 is 4.90 Å². The summed E-state index contributed by atoms with van der Waals surface area (Å²) < 4.78 is 0. The van der Waals surface area contributed by atoms with Gasteiger partial charge < -0.3 is 9.80 Å². The van der Waals surface area contributed by atoms with Crippen LogP contribution in [0.3, 0.4) is 0 Å². The van der Waals surface area contributed by atoms with Gasteiger partial charge in [0, 0.05) is 43.7 Å². The van der Waals surface area contributed by atoms with E-state index >= 15 is 0 Å². The number of carbonyl (C=O) groups excluding carboxylic acids is 1. The van der Waals surface area contributed by atoms with E-state index in [1.165, 1.54) is 4.88 Å². The fraction of sp³-hybridized carbons (Fsp3) is 0.444. The first kappa shape index (κ1) is 16.0. The lowest BCUT2D eigenvalue weighted by Crippen LogP contribution is -2.48. The molecule has 4 nitrogen and oxygen atoms in total. The predicted molar refractivity (Wildman–Crippen MR) is 94.9 cm³/mol. The van der Waals surface area contributed by atoms with Crippen LogP contribution >= 0.6 is 11.3 Å². The third kappa shape index (κ3) is 4.10. The lowest BCUT2D eigenvalue weighted by atomic mass is 10.0. The summed E-state index contributed by atoms with van der Waals surface area (Å²) >= 11 is 1.72. The predicted octanol–water partition coefficient (Wildman–Crippen LogP) is 3.20. The van der Waals surface area contributed by atoms with Gasteiger partial charge in [0.05, 0.1) is 0 Å². The Labute approximate surface area is 141 Å². The highest BCUT2D eigenvalue weighted by Crippen LogP contribution is 2.21. The van der Waals surface area contributed by atoms with Gasteiger partial charge >= 0.3 is 0 Å². The van der Waals surface area contributed by atoms with Crippen molar-refractivity contribution in [2.24, 2.45) is 0 Å². The Bertz CT molecular complexity index is 614. The minimum atomic E-state index is 0.242. The van der Waals surface area contributed by atoms with Gasteiger partial charge in [-0.15, -0.1) is 11.3 Å². The quantitative estimate of drug-likeness (QED) is 0.845. The summed E-state index contributed by atoms with van der Waals surface area (Å²) in [5, 5.41) is 2.06. The molecule has 3 rings (SSSR count). The zero-order valence-corrected chi connectivity index (χ0v) is 14.3. The summed E-state index contributed by atoms with van der Waals surface area (Å²) in [7, 11) is 1.95. The van der Waals surface area contributed by atoms with Crippen LogP contribution in [0, 0.1) is 0 Å². The van der Waals surface area contributed by atoms with Crippen LogP contribution in [0.2, 0.25) is 0 Å². The van der Waals surface area contributed by atoms with Gasteiger partial charge in [0.25, 0.3) is 0 Å². The number of carbonyl (C=O) groups is 1. The second-order valence-corrected chi connectivity index (χ2v) is 7.05. The van der Waals surface area contributed by atoms with Crippen LogP contribution in [-0.4, -0.2) is 42.0 Å². The number of piperidine rings is 1. The molecule has 1 saturated heterocycles. The molecule has 5 heteroatoms. The molecule has 1 amide bonds. The van der Waals surface area contributed by atoms with Crippen molar-refractivity contribution in [1.82, 2.24) is 9.88 Å². The summed E-state index contributed by atoms with van der Waals surface area (Å²) in [6.45, 7) is 1.89. The van der Waals surface area contributed by atoms with Crippen LogP contribution in [0.5, 0.6) is 0 Å². The molecule has 1 fully saturated rings. The molecule has 0 N–H and O–H groups in total. The third-order valence-corrected chi connectivity index (χ3v) is 5.41. The van der Waals surface area contributed by atoms with Crippen molar-refractivity contribution in [3.05, 3.63) is 46.8 Å². The van der Waals surface area contributed by atoms with E-state index in [1.807, 2.05) is 42.4 Å². The number of aromatic nitrogens is 1. The molecule has 3 heterocycles. The Morgan fingerprint density at radius 1 is 1.39 bits per heavy atom. The van der Waals surface area contributed by atoms with Crippen molar-refractivity contribution in [1.29, 1.82) is 0 Å². The van der Waals surface area contributed by atoms with E-state index in [2.05, 4.69) is 21.3 Å². The molecule has 23 heavy (non-hydrogen) atoms. The first-order valence-electron chi connectivity index (χ1n) is 8.18. The van der Waals surface area contributed by atoms with Gasteiger partial charge in [0.15, 0.2) is 0 Å². The highest BCUT2D eigenvalue weighted by Gasteiger charge is 2.26. The lowest BCUT2D eigenvalue weighted by Gasteiger charge is -2.38. The average Bonchev–Trinajstić information content (AvgIpc) is 3.13. The minimum absolute atomic E-state index is 0.242. The molecule has 2 aromatic rings. The van der Waals surface area contributed by atoms with E-state index in [1.54, 1.807) is 11.3 Å². The smallest absolute Gasteiger partial charge is 0.222 e. The molecule has 1 atom stereocenters. The van der Waals surface area contributed by atoms with Gasteiger partial charge in [0.2, 0.25) is 5.91 Å². The summed E-state index contributed by atoms with van der Waals surface area (Å²) in [6, 6.07) is 10.4. The number of amides is 1. The van der Waals surface area contributed by atoms with Crippen molar-refractivity contribution in [3.8, 4) is 0 Å². The van der Waals surface area contributed by atoms with E-state index in [0.29, 0.717) is 6.42 Å². The normalized spacial score (nSPS) is 18.0. The number of pyridine rings is 1. The number of rotatable bonds is 5. The second kappa shape index (κ2) is 7.59. The first-order chi connectivity index (χ1) is 11.2. The van der Waals surface area contributed by atoms with Gasteiger partial charge in [-0.05, 0) is 42.8 Å². The molecule has 0 radical (unpaired) electrons. The third-order valence-electron chi connectivity index (χ3n) is 4.48. The highest BCUT2D eigenvalue weighted by atomic mass is 32.1. The molecule has 0 aromatic carbocycles. The van der Waals surface area contributed by atoms with Gasteiger partial charge in [-0.25, -0.2) is 4.98 Å². The molecule has 2 aromatic heterocycles. The number of anilines is 1. The van der Waals surface area contributed by atoms with E-state index in [4.69, 9.17) is 0 Å². The molecule has 1 aliphatic heterocycles. The Hall–Kier alpha value is -1.88. The molecule has 0 saturated carbocycles. The van der Waals surface area contributed by atoms with E-state index in [-0.39, 0.29) is 11.9 Å². The van der Waals surface area contributed by atoms with Crippen molar-refractivity contribution in [3.63, 3.8) is 0 Å². The first-order valence-corrected chi connectivity index (χ1v) is 9.06. The summed E-state index contributed by atoms with van der Waals surface area (Å²) in [5.74, 6) is 1.25. The molecule has 0 aliphatic carbocycles. The molecule has 0 spiro atoms. The average molecular weight is 329 g/mol. The fourth-order valence-electron chi connectivity index (χ4n) is 3.08. The van der Waals surface area contributed by atoms with Crippen molar-refractivity contribution < 1.29 is 4.79 Å². The number of likely N-dealkylation sites (N-methyl/N-ethyl adjacent to an activating group) is 1. The van der Waals surface area contributed by atoms with E-state index in [9.17, 15) is 4.79 Å². The number of thiophene rings is 1. The topological polar surface area (TPSA) is 36.4 Å². The second-order valence-electron chi connectivity index (χ2n) is 6.01. The number of hydrogen-bond donors (Lipinski definition) is 0.